The van der Waals surface area contributed by atoms with Gasteiger partial charge in [0.05, 0.1) is 0 Å². The number of fused-ring (bicyclic) bond motifs is 1. The van der Waals surface area contributed by atoms with Gasteiger partial charge in [0, 0.05) is 64.1 Å². The van der Waals surface area contributed by atoms with Gasteiger partial charge >= 0.3 is 0 Å². The summed E-state index contributed by atoms with van der Waals surface area (Å²) in [5.74, 6) is 3.34. The fourth-order valence-corrected chi connectivity index (χ4v) is 4.57. The lowest BCUT2D eigenvalue weighted by molar-refractivity contribution is -0.114. The molecule has 1 saturated heterocycles. The molecule has 0 radical (unpaired) electrons. The van der Waals surface area contributed by atoms with Crippen molar-refractivity contribution in [1.82, 2.24) is 19.9 Å². The number of nitrogens with one attached hydrogen (secondary N) is 2. The van der Waals surface area contributed by atoms with Crippen LogP contribution in [-0.4, -0.2) is 71.8 Å². The second kappa shape index (κ2) is 11.5. The molecule has 3 heterocycles. The number of nitrogens with zero attached hydrogens (tertiary/aromatic N) is 6. The molecule has 2 aliphatic heterocycles. The summed E-state index contributed by atoms with van der Waals surface area (Å²) in [6.07, 6.45) is 0. The minimum Gasteiger partial charge on any atom is -0.454 e. The highest BCUT2D eigenvalue weighted by Crippen LogP contribution is 2.33. The molecule has 0 saturated carbocycles. The highest BCUT2D eigenvalue weighted by atomic mass is 16.7. The van der Waals surface area contributed by atoms with E-state index >= 15 is 0 Å². The van der Waals surface area contributed by atoms with Crippen molar-refractivity contribution in [3.05, 3.63) is 48.0 Å². The van der Waals surface area contributed by atoms with E-state index in [-0.39, 0.29) is 12.7 Å². The van der Waals surface area contributed by atoms with Gasteiger partial charge in [0.1, 0.15) is 0 Å². The summed E-state index contributed by atoms with van der Waals surface area (Å²) in [5.41, 5.74) is 2.78. The average Bonchev–Trinajstić information content (AvgIpc) is 3.39. The number of carbonyl (C=O) groups is 1. The zero-order chi connectivity index (χ0) is 26.5. The van der Waals surface area contributed by atoms with Crippen molar-refractivity contribution in [3.8, 4) is 11.5 Å². The first-order valence-corrected chi connectivity index (χ1v) is 13.0. The van der Waals surface area contributed by atoms with Gasteiger partial charge in [0.2, 0.25) is 30.5 Å². The number of hydrogen-bond donors (Lipinski definition) is 2. The zero-order valence-corrected chi connectivity index (χ0v) is 22.1. The van der Waals surface area contributed by atoms with Gasteiger partial charge in [0.25, 0.3) is 0 Å². The molecule has 2 aliphatic rings. The summed E-state index contributed by atoms with van der Waals surface area (Å²) in [6, 6.07) is 13.6. The SMILES string of the molecule is CCN(CC)c1nc(Nc2ccc(NC(C)=O)cc2)nc(N2CCN(Cc3ccc4c(c3)OCO4)CC2)n1. The topological polar surface area (TPSA) is 108 Å². The lowest BCUT2D eigenvalue weighted by atomic mass is 10.1. The van der Waals surface area contributed by atoms with E-state index in [0.29, 0.717) is 17.8 Å². The number of anilines is 5. The number of ether oxygens (including phenoxy) is 2. The number of hydrogen-bond acceptors (Lipinski definition) is 10. The molecule has 1 aromatic heterocycles. The largest absolute Gasteiger partial charge is 0.454 e. The van der Waals surface area contributed by atoms with Crippen LogP contribution in [-0.2, 0) is 11.3 Å². The van der Waals surface area contributed by atoms with Gasteiger partial charge in [-0.1, -0.05) is 6.07 Å². The second-order valence-electron chi connectivity index (χ2n) is 9.27. The minimum absolute atomic E-state index is 0.104. The molecule has 11 heteroatoms. The Balaban J connectivity index is 1.28. The highest BCUT2D eigenvalue weighted by Gasteiger charge is 2.22. The van der Waals surface area contributed by atoms with Crippen molar-refractivity contribution in [2.45, 2.75) is 27.3 Å². The number of rotatable bonds is 9. The van der Waals surface area contributed by atoms with E-state index in [9.17, 15) is 4.79 Å². The van der Waals surface area contributed by atoms with Gasteiger partial charge in [-0.3, -0.25) is 9.69 Å². The van der Waals surface area contributed by atoms with Gasteiger partial charge in [-0.15, -0.1) is 0 Å². The van der Waals surface area contributed by atoms with Crippen LogP contribution in [0.4, 0.5) is 29.2 Å². The Bertz CT molecular complexity index is 1260. The fraction of sp³-hybridized carbons (Fsp3) is 0.407. The summed E-state index contributed by atoms with van der Waals surface area (Å²) in [6.45, 7) is 11.8. The molecule has 1 amide bonds. The Labute approximate surface area is 222 Å². The van der Waals surface area contributed by atoms with Crippen molar-refractivity contribution in [1.29, 1.82) is 0 Å². The molecule has 2 aromatic carbocycles. The zero-order valence-electron chi connectivity index (χ0n) is 22.1. The molecule has 2 N–H and O–H groups in total. The average molecular weight is 519 g/mol. The molecule has 3 aromatic rings. The van der Waals surface area contributed by atoms with E-state index < -0.39 is 0 Å². The van der Waals surface area contributed by atoms with Gasteiger partial charge in [-0.05, 0) is 55.8 Å². The quantitative estimate of drug-likeness (QED) is 0.437. The van der Waals surface area contributed by atoms with Crippen LogP contribution in [0.25, 0.3) is 0 Å². The third kappa shape index (κ3) is 6.05. The molecule has 1 fully saturated rings. The summed E-state index contributed by atoms with van der Waals surface area (Å²) in [7, 11) is 0. The number of piperazine rings is 1. The number of carbonyl (C=O) groups excluding carboxylic acids is 1. The summed E-state index contributed by atoms with van der Waals surface area (Å²) >= 11 is 0. The van der Waals surface area contributed by atoms with Crippen LogP contribution in [0.3, 0.4) is 0 Å². The molecule has 5 rings (SSSR count). The first kappa shape index (κ1) is 25.5. The fourth-order valence-electron chi connectivity index (χ4n) is 4.57. The van der Waals surface area contributed by atoms with E-state index in [0.717, 1.165) is 68.7 Å². The van der Waals surface area contributed by atoms with Crippen LogP contribution in [0, 0.1) is 0 Å². The van der Waals surface area contributed by atoms with E-state index in [4.69, 9.17) is 24.4 Å². The van der Waals surface area contributed by atoms with Crippen LogP contribution in [0.1, 0.15) is 26.3 Å². The predicted molar refractivity (Wildman–Crippen MR) is 147 cm³/mol. The van der Waals surface area contributed by atoms with Crippen molar-refractivity contribution in [2.75, 3.05) is 66.5 Å². The smallest absolute Gasteiger partial charge is 0.233 e. The van der Waals surface area contributed by atoms with Gasteiger partial charge in [-0.2, -0.15) is 15.0 Å². The van der Waals surface area contributed by atoms with Gasteiger partial charge in [0.15, 0.2) is 11.5 Å². The number of amides is 1. The Morgan fingerprint density at radius 3 is 2.34 bits per heavy atom. The van der Waals surface area contributed by atoms with Gasteiger partial charge < -0.3 is 29.9 Å². The van der Waals surface area contributed by atoms with Crippen molar-refractivity contribution in [2.24, 2.45) is 0 Å². The Kier molecular flexibility index (Phi) is 7.73. The van der Waals surface area contributed by atoms with Crippen LogP contribution < -0.4 is 29.9 Å². The molecule has 0 spiro atoms. The standard InChI is InChI=1S/C27H34N8O3/c1-4-34(5-2)26-30-25(29-22-9-7-21(8-10-22)28-19(3)36)31-27(32-26)35-14-12-33(13-15-35)17-20-6-11-23-24(16-20)38-18-37-23/h6-11,16H,4-5,12-15,17-18H2,1-3H3,(H,28,36)(H,29,30,31,32). The van der Waals surface area contributed by atoms with Gasteiger partial charge in [-0.25, -0.2) is 0 Å². The number of aromatic nitrogens is 3. The van der Waals surface area contributed by atoms with E-state index in [2.05, 4.69) is 51.3 Å². The first-order chi connectivity index (χ1) is 18.5. The summed E-state index contributed by atoms with van der Waals surface area (Å²) in [5, 5.41) is 6.09. The van der Waals surface area contributed by atoms with Crippen LogP contribution in [0.5, 0.6) is 11.5 Å². The molecule has 0 bridgehead atoms. The highest BCUT2D eigenvalue weighted by molar-refractivity contribution is 5.88. The van der Waals surface area contributed by atoms with Crippen molar-refractivity contribution in [3.63, 3.8) is 0 Å². The van der Waals surface area contributed by atoms with Crippen molar-refractivity contribution < 1.29 is 14.3 Å². The summed E-state index contributed by atoms with van der Waals surface area (Å²) in [4.78, 5) is 32.4. The molecule has 0 unspecified atom stereocenters. The molecule has 0 atom stereocenters. The maximum Gasteiger partial charge on any atom is 0.233 e. The lowest BCUT2D eigenvalue weighted by Crippen LogP contribution is -2.46. The van der Waals surface area contributed by atoms with E-state index in [1.165, 1.54) is 12.5 Å². The molecule has 38 heavy (non-hydrogen) atoms. The van der Waals surface area contributed by atoms with Crippen LogP contribution in [0.2, 0.25) is 0 Å². The molecule has 200 valence electrons. The van der Waals surface area contributed by atoms with E-state index in [1.807, 2.05) is 30.3 Å². The lowest BCUT2D eigenvalue weighted by Gasteiger charge is -2.35. The monoisotopic (exact) mass is 518 g/mol. The number of benzene rings is 2. The third-order valence-corrected chi connectivity index (χ3v) is 6.62. The Morgan fingerprint density at radius 2 is 1.63 bits per heavy atom. The molecular weight excluding hydrogens is 484 g/mol. The third-order valence-electron chi connectivity index (χ3n) is 6.62. The maximum absolute atomic E-state index is 11.3. The van der Waals surface area contributed by atoms with Crippen molar-refractivity contribution >= 4 is 35.1 Å². The normalized spacial score (nSPS) is 14.9. The van der Waals surface area contributed by atoms with Crippen LogP contribution in [0.15, 0.2) is 42.5 Å². The minimum atomic E-state index is -0.104. The summed E-state index contributed by atoms with van der Waals surface area (Å²) < 4.78 is 11.0. The van der Waals surface area contributed by atoms with E-state index in [1.54, 1.807) is 0 Å². The Morgan fingerprint density at radius 1 is 0.921 bits per heavy atom. The predicted octanol–water partition coefficient (Wildman–Crippen LogP) is 3.47. The Hall–Kier alpha value is -4.12. The first-order valence-electron chi connectivity index (χ1n) is 13.0. The second-order valence-corrected chi connectivity index (χ2v) is 9.27. The van der Waals surface area contributed by atoms with Crippen LogP contribution >= 0.6 is 0 Å². The maximum atomic E-state index is 11.3. The molecule has 11 nitrogen and oxygen atoms in total. The molecular formula is C27H34N8O3. The molecule has 0 aliphatic carbocycles.